The standard InChI is InChI=1S/C22H25N3O/c1-4-14(2)18-8-5-7-16-13-17(11-12-19(16)18)22(26)24-15(3)20-9-6-10-21(23)25-20/h5-15H,4H2,1-3H3,(H2,23,25)(H,24,26). The summed E-state index contributed by atoms with van der Waals surface area (Å²) in [6.07, 6.45) is 1.09. The largest absolute Gasteiger partial charge is 0.384 e. The zero-order valence-corrected chi connectivity index (χ0v) is 15.5. The number of hydrogen-bond acceptors (Lipinski definition) is 3. The van der Waals surface area contributed by atoms with E-state index < -0.39 is 0 Å². The lowest BCUT2D eigenvalue weighted by Gasteiger charge is -2.15. The van der Waals surface area contributed by atoms with Crippen LogP contribution in [0.25, 0.3) is 10.8 Å². The molecule has 0 fully saturated rings. The first-order chi connectivity index (χ1) is 12.5. The summed E-state index contributed by atoms with van der Waals surface area (Å²) in [6, 6.07) is 17.4. The molecule has 2 aromatic carbocycles. The van der Waals surface area contributed by atoms with Crippen LogP contribution in [0.15, 0.2) is 54.6 Å². The van der Waals surface area contributed by atoms with Gasteiger partial charge in [0.25, 0.3) is 5.91 Å². The van der Waals surface area contributed by atoms with Gasteiger partial charge in [-0.1, -0.05) is 44.2 Å². The van der Waals surface area contributed by atoms with Crippen LogP contribution < -0.4 is 11.1 Å². The Balaban J connectivity index is 1.85. The van der Waals surface area contributed by atoms with Gasteiger partial charge in [0, 0.05) is 5.56 Å². The van der Waals surface area contributed by atoms with E-state index in [0.717, 1.165) is 17.5 Å². The fraction of sp³-hybridized carbons (Fsp3) is 0.273. The number of nitrogens with one attached hydrogen (secondary N) is 1. The third-order valence-electron chi connectivity index (χ3n) is 4.90. The number of carbonyl (C=O) groups excluding carboxylic acids is 1. The number of rotatable bonds is 5. The van der Waals surface area contributed by atoms with Gasteiger partial charge in [0.05, 0.1) is 11.7 Å². The molecule has 0 saturated carbocycles. The lowest BCUT2D eigenvalue weighted by molar-refractivity contribution is 0.0939. The van der Waals surface area contributed by atoms with Gasteiger partial charge < -0.3 is 11.1 Å². The number of nitrogens with two attached hydrogens (primary N) is 1. The number of hydrogen-bond donors (Lipinski definition) is 2. The number of amides is 1. The van der Waals surface area contributed by atoms with Crippen LogP contribution in [-0.4, -0.2) is 10.9 Å². The van der Waals surface area contributed by atoms with E-state index in [2.05, 4.69) is 48.4 Å². The summed E-state index contributed by atoms with van der Waals surface area (Å²) >= 11 is 0. The summed E-state index contributed by atoms with van der Waals surface area (Å²) in [6.45, 7) is 6.33. The molecular weight excluding hydrogens is 322 g/mol. The number of benzene rings is 2. The van der Waals surface area contributed by atoms with E-state index in [0.29, 0.717) is 17.3 Å². The molecule has 0 aliphatic carbocycles. The third-order valence-corrected chi connectivity index (χ3v) is 4.90. The highest BCUT2D eigenvalue weighted by Gasteiger charge is 2.14. The molecule has 3 N–H and O–H groups in total. The van der Waals surface area contributed by atoms with Crippen molar-refractivity contribution >= 4 is 22.5 Å². The van der Waals surface area contributed by atoms with Crippen molar-refractivity contribution in [2.24, 2.45) is 0 Å². The molecule has 3 aromatic rings. The molecule has 0 saturated heterocycles. The zero-order valence-electron chi connectivity index (χ0n) is 15.5. The fourth-order valence-electron chi connectivity index (χ4n) is 3.16. The van der Waals surface area contributed by atoms with Gasteiger partial charge in [-0.15, -0.1) is 0 Å². The van der Waals surface area contributed by atoms with Crippen LogP contribution in [-0.2, 0) is 0 Å². The summed E-state index contributed by atoms with van der Waals surface area (Å²) < 4.78 is 0. The van der Waals surface area contributed by atoms with Gasteiger partial charge in [0.2, 0.25) is 0 Å². The Morgan fingerprint density at radius 3 is 2.62 bits per heavy atom. The highest BCUT2D eigenvalue weighted by atomic mass is 16.1. The number of anilines is 1. The normalized spacial score (nSPS) is 13.3. The van der Waals surface area contributed by atoms with Crippen molar-refractivity contribution in [2.75, 3.05) is 5.73 Å². The Kier molecular flexibility index (Phi) is 5.21. The summed E-state index contributed by atoms with van der Waals surface area (Å²) in [7, 11) is 0. The predicted octanol–water partition coefficient (Wildman–Crippen LogP) is 4.82. The van der Waals surface area contributed by atoms with Crippen LogP contribution in [0, 0.1) is 0 Å². The van der Waals surface area contributed by atoms with Crippen molar-refractivity contribution in [2.45, 2.75) is 39.2 Å². The predicted molar refractivity (Wildman–Crippen MR) is 107 cm³/mol. The molecule has 2 unspecified atom stereocenters. The smallest absolute Gasteiger partial charge is 0.251 e. The minimum atomic E-state index is -0.215. The van der Waals surface area contributed by atoms with Crippen LogP contribution >= 0.6 is 0 Å². The van der Waals surface area contributed by atoms with Gasteiger partial charge in [-0.05, 0) is 59.9 Å². The molecule has 0 aliphatic heterocycles. The average molecular weight is 347 g/mol. The van der Waals surface area contributed by atoms with Crippen molar-refractivity contribution in [3.63, 3.8) is 0 Å². The second-order valence-corrected chi connectivity index (χ2v) is 6.77. The van der Waals surface area contributed by atoms with Crippen LogP contribution in [0.2, 0.25) is 0 Å². The number of carbonyl (C=O) groups is 1. The minimum absolute atomic E-state index is 0.113. The Bertz CT molecular complexity index is 936. The number of nitrogens with zero attached hydrogens (tertiary/aromatic N) is 1. The van der Waals surface area contributed by atoms with Crippen LogP contribution in [0.4, 0.5) is 5.82 Å². The summed E-state index contributed by atoms with van der Waals surface area (Å²) in [4.78, 5) is 16.9. The summed E-state index contributed by atoms with van der Waals surface area (Å²) in [5.41, 5.74) is 8.45. The molecule has 4 nitrogen and oxygen atoms in total. The molecule has 0 aliphatic rings. The first-order valence-corrected chi connectivity index (χ1v) is 9.05. The first-order valence-electron chi connectivity index (χ1n) is 9.05. The van der Waals surface area contributed by atoms with E-state index in [1.165, 1.54) is 10.9 Å². The first kappa shape index (κ1) is 17.9. The van der Waals surface area contributed by atoms with E-state index >= 15 is 0 Å². The number of aromatic nitrogens is 1. The maximum Gasteiger partial charge on any atom is 0.251 e. The highest BCUT2D eigenvalue weighted by molar-refractivity contribution is 5.99. The molecule has 0 radical (unpaired) electrons. The molecule has 1 aromatic heterocycles. The molecule has 3 rings (SSSR count). The topological polar surface area (TPSA) is 68.0 Å². The monoisotopic (exact) mass is 347 g/mol. The van der Waals surface area contributed by atoms with E-state index in [1.54, 1.807) is 6.07 Å². The number of fused-ring (bicyclic) bond motifs is 1. The van der Waals surface area contributed by atoms with E-state index in [4.69, 9.17) is 5.73 Å². The fourth-order valence-corrected chi connectivity index (χ4v) is 3.16. The molecule has 2 atom stereocenters. The zero-order chi connectivity index (χ0) is 18.7. The van der Waals surface area contributed by atoms with E-state index in [1.807, 2.05) is 31.2 Å². The SMILES string of the molecule is CCC(C)c1cccc2cc(C(=O)NC(C)c3cccc(N)n3)ccc12. The molecule has 1 amide bonds. The van der Waals surface area contributed by atoms with Crippen molar-refractivity contribution in [3.05, 3.63) is 71.4 Å². The molecule has 26 heavy (non-hydrogen) atoms. The quantitative estimate of drug-likeness (QED) is 0.695. The van der Waals surface area contributed by atoms with Crippen molar-refractivity contribution in [3.8, 4) is 0 Å². The minimum Gasteiger partial charge on any atom is -0.384 e. The molecule has 134 valence electrons. The van der Waals surface area contributed by atoms with Gasteiger partial charge in [0.1, 0.15) is 5.82 Å². The van der Waals surface area contributed by atoms with Crippen molar-refractivity contribution in [1.29, 1.82) is 0 Å². The Morgan fingerprint density at radius 2 is 1.88 bits per heavy atom. The Hall–Kier alpha value is -2.88. The van der Waals surface area contributed by atoms with Gasteiger partial charge in [0.15, 0.2) is 0 Å². The maximum atomic E-state index is 12.7. The molecule has 0 bridgehead atoms. The second-order valence-electron chi connectivity index (χ2n) is 6.77. The molecule has 1 heterocycles. The molecule has 0 spiro atoms. The average Bonchev–Trinajstić information content (AvgIpc) is 2.66. The number of nitrogen functional groups attached to an aromatic ring is 1. The van der Waals surface area contributed by atoms with E-state index in [-0.39, 0.29) is 11.9 Å². The lowest BCUT2D eigenvalue weighted by atomic mass is 9.92. The second kappa shape index (κ2) is 7.56. The van der Waals surface area contributed by atoms with Gasteiger partial charge in [-0.3, -0.25) is 4.79 Å². The highest BCUT2D eigenvalue weighted by Crippen LogP contribution is 2.28. The molecular formula is C22H25N3O. The van der Waals surface area contributed by atoms with Crippen molar-refractivity contribution < 1.29 is 4.79 Å². The van der Waals surface area contributed by atoms with E-state index in [9.17, 15) is 4.79 Å². The lowest BCUT2D eigenvalue weighted by Crippen LogP contribution is -2.27. The number of pyridine rings is 1. The van der Waals surface area contributed by atoms with Gasteiger partial charge in [-0.2, -0.15) is 0 Å². The van der Waals surface area contributed by atoms with Gasteiger partial charge >= 0.3 is 0 Å². The summed E-state index contributed by atoms with van der Waals surface area (Å²) in [5.74, 6) is 0.831. The van der Waals surface area contributed by atoms with Crippen LogP contribution in [0.5, 0.6) is 0 Å². The molecule has 4 heteroatoms. The van der Waals surface area contributed by atoms with Crippen molar-refractivity contribution in [1.82, 2.24) is 10.3 Å². The third kappa shape index (κ3) is 3.69. The Labute approximate surface area is 154 Å². The Morgan fingerprint density at radius 1 is 1.12 bits per heavy atom. The maximum absolute atomic E-state index is 12.7. The summed E-state index contributed by atoms with van der Waals surface area (Å²) in [5, 5.41) is 5.30. The van der Waals surface area contributed by atoms with Gasteiger partial charge in [-0.25, -0.2) is 4.98 Å². The van der Waals surface area contributed by atoms with Crippen LogP contribution in [0.1, 0.15) is 60.8 Å². The van der Waals surface area contributed by atoms with Crippen LogP contribution in [0.3, 0.4) is 0 Å².